The molecule has 2 aromatic carbocycles. The Morgan fingerprint density at radius 3 is 2.53 bits per heavy atom. The average molecular weight is 467 g/mol. The zero-order valence-corrected chi connectivity index (χ0v) is 19.3. The largest absolute Gasteiger partial charge is 0.508 e. The van der Waals surface area contributed by atoms with Crippen molar-refractivity contribution in [2.24, 2.45) is 0 Å². The molecule has 2 N–H and O–H groups in total. The number of phenols is 1. The van der Waals surface area contributed by atoms with Gasteiger partial charge in [0.2, 0.25) is 0 Å². The molecular formula is C26H30N2O6. The van der Waals surface area contributed by atoms with Crippen molar-refractivity contribution < 1.29 is 29.3 Å². The Labute approximate surface area is 199 Å². The van der Waals surface area contributed by atoms with Gasteiger partial charge in [0, 0.05) is 31.7 Å². The normalized spacial score (nSPS) is 20.6. The number of nitrogens with zero attached hydrogens (tertiary/aromatic N) is 2. The number of benzene rings is 2. The Bertz CT molecular complexity index is 1060. The van der Waals surface area contributed by atoms with E-state index in [0.29, 0.717) is 49.7 Å². The third kappa shape index (κ3) is 5.08. The van der Waals surface area contributed by atoms with Crippen molar-refractivity contribution in [2.45, 2.75) is 19.4 Å². The number of carbonyl (C=O) groups is 2. The molecule has 0 bridgehead atoms. The van der Waals surface area contributed by atoms with Crippen molar-refractivity contribution in [2.75, 3.05) is 46.0 Å². The maximum atomic E-state index is 13.1. The fourth-order valence-electron chi connectivity index (χ4n) is 4.46. The molecular weight excluding hydrogens is 436 g/mol. The second kappa shape index (κ2) is 10.7. The minimum Gasteiger partial charge on any atom is -0.508 e. The van der Waals surface area contributed by atoms with Gasteiger partial charge in [0.25, 0.3) is 11.7 Å². The summed E-state index contributed by atoms with van der Waals surface area (Å²) in [6.45, 7) is 6.55. The van der Waals surface area contributed by atoms with Crippen LogP contribution in [0.5, 0.6) is 11.5 Å². The summed E-state index contributed by atoms with van der Waals surface area (Å²) < 4.78 is 10.9. The van der Waals surface area contributed by atoms with Gasteiger partial charge in [-0.1, -0.05) is 24.3 Å². The van der Waals surface area contributed by atoms with Crippen LogP contribution in [0.25, 0.3) is 5.76 Å². The Morgan fingerprint density at radius 2 is 1.82 bits per heavy atom. The number of Topliss-reactive ketones (excluding diaryl/α,β-unsaturated/α-hetero) is 1. The molecule has 2 fully saturated rings. The lowest BCUT2D eigenvalue weighted by molar-refractivity contribution is -0.140. The molecule has 0 saturated carbocycles. The average Bonchev–Trinajstić information content (AvgIpc) is 3.10. The molecule has 8 nitrogen and oxygen atoms in total. The van der Waals surface area contributed by atoms with Crippen molar-refractivity contribution >= 4 is 17.4 Å². The van der Waals surface area contributed by atoms with Gasteiger partial charge in [-0.25, -0.2) is 0 Å². The Balaban J connectivity index is 1.67. The lowest BCUT2D eigenvalue weighted by Gasteiger charge is -2.29. The van der Waals surface area contributed by atoms with E-state index < -0.39 is 17.7 Å². The van der Waals surface area contributed by atoms with E-state index in [1.807, 2.05) is 6.92 Å². The van der Waals surface area contributed by atoms with Gasteiger partial charge < -0.3 is 24.6 Å². The van der Waals surface area contributed by atoms with Crippen molar-refractivity contribution in [1.29, 1.82) is 0 Å². The Kier molecular flexibility index (Phi) is 7.49. The van der Waals surface area contributed by atoms with Crippen molar-refractivity contribution in [3.05, 3.63) is 65.2 Å². The standard InChI is InChI=1S/C26H30N2O6/c1-2-34-21-6-3-5-19(17-21)24(30)22-23(18-7-9-20(29)10-8-18)28(26(32)25(22)31)12-4-11-27-13-15-33-16-14-27/h3,5-10,17,23,29-30H,2,4,11-16H2,1H3. The van der Waals surface area contributed by atoms with Gasteiger partial charge >= 0.3 is 0 Å². The SMILES string of the molecule is CCOc1cccc(C(O)=C2C(=O)C(=O)N(CCCN3CCOCC3)C2c2ccc(O)cc2)c1. The highest BCUT2D eigenvalue weighted by molar-refractivity contribution is 6.46. The molecule has 2 aliphatic heterocycles. The number of morpholine rings is 1. The first-order valence-corrected chi connectivity index (χ1v) is 11.6. The Hall–Kier alpha value is -3.36. The first-order chi connectivity index (χ1) is 16.5. The molecule has 1 unspecified atom stereocenters. The highest BCUT2D eigenvalue weighted by Gasteiger charge is 2.45. The summed E-state index contributed by atoms with van der Waals surface area (Å²) in [5, 5.41) is 20.9. The predicted molar refractivity (Wildman–Crippen MR) is 127 cm³/mol. The third-order valence-corrected chi connectivity index (χ3v) is 6.14. The van der Waals surface area contributed by atoms with Crippen LogP contribution in [0, 0.1) is 0 Å². The minimum atomic E-state index is -0.749. The fraction of sp³-hybridized carbons (Fsp3) is 0.385. The molecule has 0 aliphatic carbocycles. The molecule has 0 spiro atoms. The summed E-state index contributed by atoms with van der Waals surface area (Å²) in [7, 11) is 0. The van der Waals surface area contributed by atoms with Crippen molar-refractivity contribution in [3.8, 4) is 11.5 Å². The molecule has 0 radical (unpaired) electrons. The molecule has 2 heterocycles. The molecule has 1 atom stereocenters. The van der Waals surface area contributed by atoms with Gasteiger partial charge in [0.05, 0.1) is 31.4 Å². The highest BCUT2D eigenvalue weighted by atomic mass is 16.5. The highest BCUT2D eigenvalue weighted by Crippen LogP contribution is 2.40. The van der Waals surface area contributed by atoms with E-state index in [2.05, 4.69) is 4.90 Å². The molecule has 0 aromatic heterocycles. The minimum absolute atomic E-state index is 0.0377. The van der Waals surface area contributed by atoms with Crippen LogP contribution >= 0.6 is 0 Å². The quantitative estimate of drug-likeness (QED) is 0.351. The predicted octanol–water partition coefficient (Wildman–Crippen LogP) is 2.93. The number of hydrogen-bond acceptors (Lipinski definition) is 7. The third-order valence-electron chi connectivity index (χ3n) is 6.14. The van der Waals surface area contributed by atoms with Crippen LogP contribution in [0.15, 0.2) is 54.1 Å². The maximum Gasteiger partial charge on any atom is 0.295 e. The van der Waals surface area contributed by atoms with E-state index in [-0.39, 0.29) is 17.1 Å². The number of aromatic hydroxyl groups is 1. The van der Waals surface area contributed by atoms with Crippen LogP contribution in [0.3, 0.4) is 0 Å². The van der Waals surface area contributed by atoms with Crippen LogP contribution in [0.1, 0.15) is 30.5 Å². The van der Waals surface area contributed by atoms with Crippen LogP contribution < -0.4 is 4.74 Å². The molecule has 2 aliphatic rings. The lowest BCUT2D eigenvalue weighted by atomic mass is 9.95. The van der Waals surface area contributed by atoms with Crippen LogP contribution in [0.4, 0.5) is 0 Å². The van der Waals surface area contributed by atoms with Crippen molar-refractivity contribution in [1.82, 2.24) is 9.80 Å². The van der Waals surface area contributed by atoms with Gasteiger partial charge in [0.15, 0.2) is 0 Å². The number of hydrogen-bond donors (Lipinski definition) is 2. The number of aliphatic hydroxyl groups excluding tert-OH is 1. The summed E-state index contributed by atoms with van der Waals surface area (Å²) in [6.07, 6.45) is 0.682. The zero-order valence-electron chi connectivity index (χ0n) is 19.3. The summed E-state index contributed by atoms with van der Waals surface area (Å²) in [4.78, 5) is 30.0. The fourth-order valence-corrected chi connectivity index (χ4v) is 4.46. The molecule has 180 valence electrons. The summed E-state index contributed by atoms with van der Waals surface area (Å²) in [5.41, 5.74) is 1.09. The van der Waals surface area contributed by atoms with Crippen LogP contribution in [-0.4, -0.2) is 77.7 Å². The molecule has 4 rings (SSSR count). The molecule has 2 saturated heterocycles. The smallest absolute Gasteiger partial charge is 0.295 e. The zero-order chi connectivity index (χ0) is 24.1. The maximum absolute atomic E-state index is 13.1. The van der Waals surface area contributed by atoms with Crippen LogP contribution in [0.2, 0.25) is 0 Å². The molecule has 8 heteroatoms. The van der Waals surface area contributed by atoms with E-state index in [9.17, 15) is 19.8 Å². The number of aliphatic hydroxyl groups is 1. The van der Waals surface area contributed by atoms with E-state index >= 15 is 0 Å². The van der Waals surface area contributed by atoms with E-state index in [0.717, 1.165) is 19.6 Å². The molecule has 2 aromatic rings. The number of amides is 1. The molecule has 34 heavy (non-hydrogen) atoms. The Morgan fingerprint density at radius 1 is 1.09 bits per heavy atom. The molecule has 1 amide bonds. The lowest BCUT2D eigenvalue weighted by Crippen LogP contribution is -2.38. The van der Waals surface area contributed by atoms with E-state index in [4.69, 9.17) is 9.47 Å². The number of carbonyl (C=O) groups excluding carboxylic acids is 2. The van der Waals surface area contributed by atoms with Gasteiger partial charge in [0.1, 0.15) is 17.3 Å². The summed E-state index contributed by atoms with van der Waals surface area (Å²) in [6, 6.07) is 12.4. The first-order valence-electron chi connectivity index (χ1n) is 11.6. The van der Waals surface area contributed by atoms with E-state index in [1.165, 1.54) is 17.0 Å². The monoisotopic (exact) mass is 466 g/mol. The second-order valence-corrected chi connectivity index (χ2v) is 8.35. The number of likely N-dealkylation sites (tertiary alicyclic amines) is 1. The number of ketones is 1. The van der Waals surface area contributed by atoms with E-state index in [1.54, 1.807) is 36.4 Å². The number of ether oxygens (including phenoxy) is 2. The summed E-state index contributed by atoms with van der Waals surface area (Å²) >= 11 is 0. The first kappa shape index (κ1) is 23.8. The van der Waals surface area contributed by atoms with Gasteiger partial charge in [-0.15, -0.1) is 0 Å². The number of rotatable bonds is 8. The van der Waals surface area contributed by atoms with Gasteiger partial charge in [-0.3, -0.25) is 14.5 Å². The number of phenolic OH excluding ortho intramolecular Hbond substituents is 1. The topological polar surface area (TPSA) is 99.5 Å². The summed E-state index contributed by atoms with van der Waals surface area (Å²) in [5.74, 6) is -0.954. The van der Waals surface area contributed by atoms with Gasteiger partial charge in [-0.2, -0.15) is 0 Å². The van der Waals surface area contributed by atoms with Gasteiger partial charge in [-0.05, 0) is 43.2 Å². The van der Waals surface area contributed by atoms with Crippen molar-refractivity contribution in [3.63, 3.8) is 0 Å². The van der Waals surface area contributed by atoms with Crippen LogP contribution in [-0.2, 0) is 14.3 Å². The second-order valence-electron chi connectivity index (χ2n) is 8.35.